The van der Waals surface area contributed by atoms with Gasteiger partial charge in [0, 0.05) is 30.7 Å². The van der Waals surface area contributed by atoms with Gasteiger partial charge in [-0.3, -0.25) is 0 Å². The first kappa shape index (κ1) is 21.4. The van der Waals surface area contributed by atoms with Gasteiger partial charge in [0.1, 0.15) is 5.60 Å². The average molecular weight is 396 g/mol. The van der Waals surface area contributed by atoms with E-state index in [1.165, 1.54) is 0 Å². The Bertz CT molecular complexity index is 673. The Hall–Kier alpha value is -1.95. The highest BCUT2D eigenvalue weighted by Crippen LogP contribution is 2.19. The minimum absolute atomic E-state index is 0.0437. The number of alkyl carbamates (subject to hydrolysis) is 1. The van der Waals surface area contributed by atoms with E-state index in [2.05, 4.69) is 17.6 Å². The minimum Gasteiger partial charge on any atom is -0.444 e. The van der Waals surface area contributed by atoms with E-state index in [4.69, 9.17) is 16.3 Å². The van der Waals surface area contributed by atoms with Crippen LogP contribution in [0.2, 0.25) is 5.02 Å². The number of hydrogen-bond donors (Lipinski definition) is 2. The molecule has 2 N–H and O–H groups in total. The van der Waals surface area contributed by atoms with Gasteiger partial charge in [-0.05, 0) is 70.2 Å². The van der Waals surface area contributed by atoms with E-state index in [0.717, 1.165) is 30.5 Å². The van der Waals surface area contributed by atoms with Gasteiger partial charge in [-0.15, -0.1) is 0 Å². The zero-order valence-corrected chi connectivity index (χ0v) is 17.4. The third kappa shape index (κ3) is 6.94. The highest BCUT2D eigenvalue weighted by Gasteiger charge is 2.24. The van der Waals surface area contributed by atoms with Crippen molar-refractivity contribution in [2.45, 2.75) is 65.1 Å². The molecule has 0 aromatic heterocycles. The van der Waals surface area contributed by atoms with Gasteiger partial charge in [0.05, 0.1) is 0 Å². The largest absolute Gasteiger partial charge is 0.444 e. The molecule has 1 heterocycles. The first-order valence-electron chi connectivity index (χ1n) is 9.44. The predicted molar refractivity (Wildman–Crippen MR) is 107 cm³/mol. The summed E-state index contributed by atoms with van der Waals surface area (Å²) in [7, 11) is 0. The fourth-order valence-corrected chi connectivity index (χ4v) is 3.32. The van der Waals surface area contributed by atoms with E-state index in [9.17, 15) is 9.59 Å². The lowest BCUT2D eigenvalue weighted by Gasteiger charge is -2.22. The molecule has 7 heteroatoms. The SMILES string of the molecule is C[C@@H]1CCCN1C(=O)NCc1cc(Cl)ccc1CCNC(=O)OC(C)(C)C. The molecule has 0 saturated carbocycles. The summed E-state index contributed by atoms with van der Waals surface area (Å²) >= 11 is 6.13. The number of benzene rings is 1. The first-order valence-corrected chi connectivity index (χ1v) is 9.82. The van der Waals surface area contributed by atoms with Crippen LogP contribution in [0.25, 0.3) is 0 Å². The Kier molecular flexibility index (Phi) is 7.36. The first-order chi connectivity index (χ1) is 12.7. The Morgan fingerprint density at radius 3 is 2.63 bits per heavy atom. The van der Waals surface area contributed by atoms with E-state index in [1.54, 1.807) is 0 Å². The van der Waals surface area contributed by atoms with Gasteiger partial charge in [-0.1, -0.05) is 17.7 Å². The van der Waals surface area contributed by atoms with Crippen LogP contribution in [-0.2, 0) is 17.7 Å². The molecule has 150 valence electrons. The molecule has 1 fully saturated rings. The Labute approximate surface area is 166 Å². The van der Waals surface area contributed by atoms with Gasteiger partial charge in [0.25, 0.3) is 0 Å². The zero-order valence-electron chi connectivity index (χ0n) is 16.6. The number of nitrogens with zero attached hydrogens (tertiary/aromatic N) is 1. The lowest BCUT2D eigenvalue weighted by molar-refractivity contribution is 0.0528. The second-order valence-electron chi connectivity index (χ2n) is 7.94. The van der Waals surface area contributed by atoms with Crippen LogP contribution < -0.4 is 10.6 Å². The van der Waals surface area contributed by atoms with Crippen molar-refractivity contribution in [2.24, 2.45) is 0 Å². The van der Waals surface area contributed by atoms with Crippen molar-refractivity contribution < 1.29 is 14.3 Å². The van der Waals surface area contributed by atoms with Crippen LogP contribution >= 0.6 is 11.6 Å². The molecule has 1 saturated heterocycles. The van der Waals surface area contributed by atoms with Crippen LogP contribution in [0.5, 0.6) is 0 Å². The van der Waals surface area contributed by atoms with Gasteiger partial charge in [0.2, 0.25) is 0 Å². The molecule has 27 heavy (non-hydrogen) atoms. The topological polar surface area (TPSA) is 70.7 Å². The van der Waals surface area contributed by atoms with E-state index < -0.39 is 11.7 Å². The fourth-order valence-electron chi connectivity index (χ4n) is 3.12. The molecule has 0 bridgehead atoms. The third-order valence-electron chi connectivity index (χ3n) is 4.47. The van der Waals surface area contributed by atoms with Gasteiger partial charge >= 0.3 is 12.1 Å². The summed E-state index contributed by atoms with van der Waals surface area (Å²) in [5.74, 6) is 0. The molecule has 0 radical (unpaired) electrons. The predicted octanol–water partition coefficient (Wildman–Crippen LogP) is 4.10. The van der Waals surface area contributed by atoms with Crippen LogP contribution in [-0.4, -0.2) is 41.8 Å². The van der Waals surface area contributed by atoms with Crippen LogP contribution in [0.1, 0.15) is 51.7 Å². The van der Waals surface area contributed by atoms with Crippen molar-refractivity contribution in [3.05, 3.63) is 34.3 Å². The number of hydrogen-bond acceptors (Lipinski definition) is 3. The molecule has 1 aliphatic rings. The summed E-state index contributed by atoms with van der Waals surface area (Å²) in [6, 6.07) is 5.84. The van der Waals surface area contributed by atoms with E-state index in [1.807, 2.05) is 43.9 Å². The smallest absolute Gasteiger partial charge is 0.407 e. The molecule has 0 spiro atoms. The average Bonchev–Trinajstić information content (AvgIpc) is 2.98. The molecule has 1 aromatic carbocycles. The number of ether oxygens (including phenoxy) is 1. The number of carbonyl (C=O) groups is 2. The van der Waals surface area contributed by atoms with Gasteiger partial charge in [-0.2, -0.15) is 0 Å². The lowest BCUT2D eigenvalue weighted by atomic mass is 10.0. The molecule has 2 rings (SSSR count). The summed E-state index contributed by atoms with van der Waals surface area (Å²) < 4.78 is 5.24. The fraction of sp³-hybridized carbons (Fsp3) is 0.600. The second kappa shape index (κ2) is 9.31. The van der Waals surface area contributed by atoms with E-state index >= 15 is 0 Å². The summed E-state index contributed by atoms with van der Waals surface area (Å²) in [4.78, 5) is 26.0. The van der Waals surface area contributed by atoms with E-state index in [0.29, 0.717) is 24.5 Å². The number of amides is 3. The molecule has 1 aromatic rings. The molecule has 3 amide bonds. The van der Waals surface area contributed by atoms with Crippen molar-refractivity contribution in [1.29, 1.82) is 0 Å². The molecular weight excluding hydrogens is 366 g/mol. The van der Waals surface area contributed by atoms with Crippen molar-refractivity contribution in [1.82, 2.24) is 15.5 Å². The summed E-state index contributed by atoms with van der Waals surface area (Å²) in [5, 5.41) is 6.36. The molecular formula is C20H30ClN3O3. The minimum atomic E-state index is -0.521. The monoisotopic (exact) mass is 395 g/mol. The van der Waals surface area contributed by atoms with Crippen LogP contribution in [0.3, 0.4) is 0 Å². The highest BCUT2D eigenvalue weighted by atomic mass is 35.5. The van der Waals surface area contributed by atoms with Crippen LogP contribution in [0.15, 0.2) is 18.2 Å². The van der Waals surface area contributed by atoms with E-state index in [-0.39, 0.29) is 12.1 Å². The summed E-state index contributed by atoms with van der Waals surface area (Å²) in [6.45, 7) is 9.20. The maximum atomic E-state index is 12.4. The Balaban J connectivity index is 1.90. The molecule has 1 atom stereocenters. The maximum absolute atomic E-state index is 12.4. The molecule has 0 aliphatic carbocycles. The maximum Gasteiger partial charge on any atom is 0.407 e. The summed E-state index contributed by atoms with van der Waals surface area (Å²) in [5.41, 5.74) is 1.46. The Morgan fingerprint density at radius 1 is 1.26 bits per heavy atom. The van der Waals surface area contributed by atoms with Crippen LogP contribution in [0, 0.1) is 0 Å². The number of carbonyl (C=O) groups excluding carboxylic acids is 2. The number of rotatable bonds is 5. The number of likely N-dealkylation sites (tertiary alicyclic amines) is 1. The van der Waals surface area contributed by atoms with Gasteiger partial charge < -0.3 is 20.3 Å². The number of urea groups is 1. The van der Waals surface area contributed by atoms with Gasteiger partial charge in [-0.25, -0.2) is 9.59 Å². The third-order valence-corrected chi connectivity index (χ3v) is 4.71. The number of halogens is 1. The van der Waals surface area contributed by atoms with Crippen molar-refractivity contribution in [3.63, 3.8) is 0 Å². The second-order valence-corrected chi connectivity index (χ2v) is 8.37. The highest BCUT2D eigenvalue weighted by molar-refractivity contribution is 6.30. The normalized spacial score (nSPS) is 16.9. The molecule has 0 unspecified atom stereocenters. The summed E-state index contributed by atoms with van der Waals surface area (Å²) in [6.07, 6.45) is 2.29. The number of nitrogens with one attached hydrogen (secondary N) is 2. The lowest BCUT2D eigenvalue weighted by Crippen LogP contribution is -2.41. The molecule has 1 aliphatic heterocycles. The zero-order chi connectivity index (χ0) is 20.0. The van der Waals surface area contributed by atoms with Crippen molar-refractivity contribution in [3.8, 4) is 0 Å². The quantitative estimate of drug-likeness (QED) is 0.788. The molecule has 6 nitrogen and oxygen atoms in total. The standard InChI is InChI=1S/C20H30ClN3O3/c1-14-6-5-11-24(14)18(25)23-13-16-12-17(21)8-7-15(16)9-10-22-19(26)27-20(2,3)4/h7-8,12,14H,5-6,9-11,13H2,1-4H3,(H,22,26)(H,23,25)/t14-/m1/s1. The van der Waals surface area contributed by atoms with Crippen molar-refractivity contribution in [2.75, 3.05) is 13.1 Å². The Morgan fingerprint density at radius 2 is 2.00 bits per heavy atom. The van der Waals surface area contributed by atoms with Gasteiger partial charge in [0.15, 0.2) is 0 Å². The van der Waals surface area contributed by atoms with Crippen molar-refractivity contribution >= 4 is 23.7 Å². The van der Waals surface area contributed by atoms with Crippen LogP contribution in [0.4, 0.5) is 9.59 Å².